The maximum atomic E-state index is 10.9. The first kappa shape index (κ1) is 16.6. The van der Waals surface area contributed by atoms with E-state index in [2.05, 4.69) is 21.2 Å². The predicted molar refractivity (Wildman–Crippen MR) is 93.5 cm³/mol. The lowest BCUT2D eigenvalue weighted by molar-refractivity contribution is -0.384. The Kier molecular flexibility index (Phi) is 4.75. The summed E-state index contributed by atoms with van der Waals surface area (Å²) in [5, 5.41) is 28.4. The Balaban J connectivity index is 1.79. The summed E-state index contributed by atoms with van der Waals surface area (Å²) in [4.78, 5) is 14.6. The predicted octanol–water partition coefficient (Wildman–Crippen LogP) is 2.36. The number of anilines is 2. The van der Waals surface area contributed by atoms with Crippen LogP contribution in [0.5, 0.6) is 0 Å². The van der Waals surface area contributed by atoms with Crippen molar-refractivity contribution < 1.29 is 4.92 Å². The highest BCUT2D eigenvalue weighted by atomic mass is 16.6. The van der Waals surface area contributed by atoms with Crippen LogP contribution in [0.2, 0.25) is 0 Å². The van der Waals surface area contributed by atoms with E-state index in [4.69, 9.17) is 0 Å². The number of nitro groups is 1. The molecule has 1 atom stereocenters. The molecule has 0 aliphatic carbocycles. The number of benzene rings is 1. The van der Waals surface area contributed by atoms with Crippen molar-refractivity contribution in [2.45, 2.75) is 18.9 Å². The second kappa shape index (κ2) is 7.13. The summed E-state index contributed by atoms with van der Waals surface area (Å²) in [6, 6.07) is 10.5. The van der Waals surface area contributed by atoms with Gasteiger partial charge in [0.15, 0.2) is 5.82 Å². The number of nitro benzene ring substituents is 1. The van der Waals surface area contributed by atoms with Crippen molar-refractivity contribution in [2.24, 2.45) is 0 Å². The Hall–Kier alpha value is -3.21. The minimum absolute atomic E-state index is 0.0734. The van der Waals surface area contributed by atoms with Crippen LogP contribution in [-0.2, 0) is 0 Å². The first-order valence-corrected chi connectivity index (χ1v) is 8.04. The van der Waals surface area contributed by atoms with Gasteiger partial charge in [0.05, 0.1) is 16.2 Å². The molecule has 128 valence electrons. The molecule has 0 amide bonds. The number of aromatic nitrogens is 2. The third-order valence-electron chi connectivity index (χ3n) is 4.44. The quantitative estimate of drug-likeness (QED) is 0.609. The van der Waals surface area contributed by atoms with E-state index in [0.717, 1.165) is 25.2 Å². The molecule has 0 N–H and O–H groups in total. The first-order chi connectivity index (χ1) is 12.1. The Morgan fingerprint density at radius 1 is 1.48 bits per heavy atom. The first-order valence-electron chi connectivity index (χ1n) is 8.04. The highest BCUT2D eigenvalue weighted by Gasteiger charge is 2.27. The molecule has 2 aromatic rings. The van der Waals surface area contributed by atoms with Crippen molar-refractivity contribution in [3.05, 3.63) is 52.2 Å². The number of hydrogen-bond acceptors (Lipinski definition) is 7. The largest absolute Gasteiger partial charge is 0.371 e. The van der Waals surface area contributed by atoms with Crippen molar-refractivity contribution in [1.29, 1.82) is 5.26 Å². The highest BCUT2D eigenvalue weighted by molar-refractivity contribution is 5.63. The standard InChI is InChI=1S/C17H18N6O2/c1-21(16-7-6-14(23(24)25)10-13(16)11-18)12-15-4-3-9-22(15)17-5-2-8-19-20-17/h2,5-8,10,15H,3-4,9,12H2,1H3. The van der Waals surface area contributed by atoms with E-state index in [1.807, 2.05) is 24.1 Å². The van der Waals surface area contributed by atoms with E-state index in [0.29, 0.717) is 17.8 Å². The van der Waals surface area contributed by atoms with Gasteiger partial charge in [-0.25, -0.2) is 0 Å². The molecule has 0 saturated carbocycles. The van der Waals surface area contributed by atoms with Crippen molar-refractivity contribution in [3.63, 3.8) is 0 Å². The Morgan fingerprint density at radius 3 is 3.00 bits per heavy atom. The molecule has 0 radical (unpaired) electrons. The zero-order valence-corrected chi connectivity index (χ0v) is 13.9. The molecule has 0 bridgehead atoms. The lowest BCUT2D eigenvalue weighted by atomic mass is 10.1. The molecule has 8 heteroatoms. The Labute approximate surface area is 145 Å². The lowest BCUT2D eigenvalue weighted by Crippen LogP contribution is -2.39. The number of non-ortho nitro benzene ring substituents is 1. The van der Waals surface area contributed by atoms with Crippen LogP contribution in [0.3, 0.4) is 0 Å². The fourth-order valence-corrected chi connectivity index (χ4v) is 3.25. The molecule has 1 aliphatic heterocycles. The van der Waals surface area contributed by atoms with Gasteiger partial charge in [-0.1, -0.05) is 0 Å². The van der Waals surface area contributed by atoms with Gasteiger partial charge in [-0.3, -0.25) is 10.1 Å². The minimum Gasteiger partial charge on any atom is -0.371 e. The summed E-state index contributed by atoms with van der Waals surface area (Å²) >= 11 is 0. The van der Waals surface area contributed by atoms with Crippen LogP contribution in [0.4, 0.5) is 17.2 Å². The van der Waals surface area contributed by atoms with Gasteiger partial charge in [-0.15, -0.1) is 5.10 Å². The van der Waals surface area contributed by atoms with Gasteiger partial charge in [-0.05, 0) is 31.0 Å². The van der Waals surface area contributed by atoms with E-state index < -0.39 is 4.92 Å². The number of likely N-dealkylation sites (N-methyl/N-ethyl adjacent to an activating group) is 1. The average molecular weight is 338 g/mol. The molecule has 3 rings (SSSR count). The third kappa shape index (κ3) is 3.50. The number of nitrogens with zero attached hydrogens (tertiary/aromatic N) is 6. The molecule has 1 aromatic carbocycles. The molecule has 25 heavy (non-hydrogen) atoms. The maximum absolute atomic E-state index is 10.9. The van der Waals surface area contributed by atoms with E-state index >= 15 is 0 Å². The van der Waals surface area contributed by atoms with Gasteiger partial charge in [0.2, 0.25) is 0 Å². The average Bonchev–Trinajstić information content (AvgIpc) is 3.09. The summed E-state index contributed by atoms with van der Waals surface area (Å²) in [5.41, 5.74) is 0.926. The Morgan fingerprint density at radius 2 is 2.32 bits per heavy atom. The number of hydrogen-bond donors (Lipinski definition) is 0. The van der Waals surface area contributed by atoms with E-state index in [1.165, 1.54) is 12.1 Å². The third-order valence-corrected chi connectivity index (χ3v) is 4.44. The SMILES string of the molecule is CN(CC1CCCN1c1cccnn1)c1ccc([N+](=O)[O-])cc1C#N. The molecule has 2 heterocycles. The van der Waals surface area contributed by atoms with E-state index in [9.17, 15) is 15.4 Å². The topological polar surface area (TPSA) is 99.2 Å². The molecule has 1 fully saturated rings. The zero-order valence-electron chi connectivity index (χ0n) is 13.9. The second-order valence-electron chi connectivity index (χ2n) is 6.02. The van der Waals surface area contributed by atoms with Gasteiger partial charge < -0.3 is 9.80 Å². The molecule has 1 saturated heterocycles. The normalized spacial score (nSPS) is 16.5. The van der Waals surface area contributed by atoms with Crippen molar-refractivity contribution in [2.75, 3.05) is 29.9 Å². The van der Waals surface area contributed by atoms with Crippen LogP contribution in [0.25, 0.3) is 0 Å². The molecule has 0 spiro atoms. The number of nitriles is 1. The smallest absolute Gasteiger partial charge is 0.270 e. The maximum Gasteiger partial charge on any atom is 0.270 e. The van der Waals surface area contributed by atoms with Crippen LogP contribution in [0.1, 0.15) is 18.4 Å². The molecule has 1 unspecified atom stereocenters. The van der Waals surface area contributed by atoms with E-state index in [-0.39, 0.29) is 11.7 Å². The monoisotopic (exact) mass is 338 g/mol. The van der Waals surface area contributed by atoms with Crippen LogP contribution < -0.4 is 9.80 Å². The van der Waals surface area contributed by atoms with Gasteiger partial charge in [0.1, 0.15) is 6.07 Å². The summed E-state index contributed by atoms with van der Waals surface area (Å²) in [6.45, 7) is 1.62. The van der Waals surface area contributed by atoms with Crippen LogP contribution in [0, 0.1) is 21.4 Å². The molecule has 8 nitrogen and oxygen atoms in total. The van der Waals surface area contributed by atoms with Gasteiger partial charge in [0, 0.05) is 44.5 Å². The fourth-order valence-electron chi connectivity index (χ4n) is 3.25. The zero-order chi connectivity index (χ0) is 17.8. The second-order valence-corrected chi connectivity index (χ2v) is 6.02. The van der Waals surface area contributed by atoms with Crippen molar-refractivity contribution in [3.8, 4) is 6.07 Å². The van der Waals surface area contributed by atoms with Crippen LogP contribution in [-0.4, -0.2) is 41.3 Å². The molecule has 1 aliphatic rings. The van der Waals surface area contributed by atoms with Crippen LogP contribution in [0.15, 0.2) is 36.5 Å². The van der Waals surface area contributed by atoms with Crippen molar-refractivity contribution in [1.82, 2.24) is 10.2 Å². The molecule has 1 aromatic heterocycles. The summed E-state index contributed by atoms with van der Waals surface area (Å²) in [6.07, 6.45) is 3.74. The molecular formula is C17H18N6O2. The van der Waals surface area contributed by atoms with Gasteiger partial charge in [-0.2, -0.15) is 10.4 Å². The fraction of sp³-hybridized carbons (Fsp3) is 0.353. The molecular weight excluding hydrogens is 320 g/mol. The number of rotatable bonds is 5. The summed E-state index contributed by atoms with van der Waals surface area (Å²) in [7, 11) is 1.90. The summed E-state index contributed by atoms with van der Waals surface area (Å²) in [5.74, 6) is 0.850. The summed E-state index contributed by atoms with van der Waals surface area (Å²) < 4.78 is 0. The van der Waals surface area contributed by atoms with E-state index in [1.54, 1.807) is 12.3 Å². The van der Waals surface area contributed by atoms with Gasteiger partial charge in [0.25, 0.3) is 5.69 Å². The lowest BCUT2D eigenvalue weighted by Gasteiger charge is -2.30. The highest BCUT2D eigenvalue weighted by Crippen LogP contribution is 2.28. The minimum atomic E-state index is -0.489. The van der Waals surface area contributed by atoms with Crippen LogP contribution >= 0.6 is 0 Å². The Bertz CT molecular complexity index is 805. The van der Waals surface area contributed by atoms with Gasteiger partial charge >= 0.3 is 0 Å². The van der Waals surface area contributed by atoms with Crippen molar-refractivity contribution >= 4 is 17.2 Å².